The van der Waals surface area contributed by atoms with Gasteiger partial charge in [0.05, 0.1) is 11.3 Å². The molecule has 1 aromatic carbocycles. The van der Waals surface area contributed by atoms with E-state index >= 15 is 0 Å². The van der Waals surface area contributed by atoms with Crippen molar-refractivity contribution in [3.8, 4) is 16.9 Å². The molecular weight excluding hydrogens is 330 g/mol. The highest BCUT2D eigenvalue weighted by molar-refractivity contribution is 7.18. The summed E-state index contributed by atoms with van der Waals surface area (Å²) >= 11 is 7.64. The van der Waals surface area contributed by atoms with Crippen LogP contribution in [0.2, 0.25) is 5.02 Å². The van der Waals surface area contributed by atoms with Crippen molar-refractivity contribution in [2.24, 2.45) is 0 Å². The second-order valence-electron chi connectivity index (χ2n) is 5.48. The van der Waals surface area contributed by atoms with Crippen molar-refractivity contribution in [2.45, 2.75) is 20.3 Å². The SMILES string of the molecule is CCc1cc2c3nn(-c4ccc(Cl)cc4)c(=O)c-3c(C)[nH]c2s1. The van der Waals surface area contributed by atoms with Gasteiger partial charge in [-0.25, -0.2) is 0 Å². The second kappa shape index (κ2) is 5.22. The summed E-state index contributed by atoms with van der Waals surface area (Å²) in [7, 11) is 0. The van der Waals surface area contributed by atoms with Gasteiger partial charge in [0, 0.05) is 21.0 Å². The highest BCUT2D eigenvalue weighted by Gasteiger charge is 2.22. The highest BCUT2D eigenvalue weighted by Crippen LogP contribution is 2.34. The first-order chi connectivity index (χ1) is 11.1. The summed E-state index contributed by atoms with van der Waals surface area (Å²) in [5, 5.41) is 6.24. The van der Waals surface area contributed by atoms with Gasteiger partial charge >= 0.3 is 0 Å². The fraction of sp³-hybridized carbons (Fsp3) is 0.176. The van der Waals surface area contributed by atoms with Crippen molar-refractivity contribution in [3.05, 3.63) is 56.3 Å². The lowest BCUT2D eigenvalue weighted by atomic mass is 10.1. The van der Waals surface area contributed by atoms with Crippen LogP contribution in [0, 0.1) is 6.92 Å². The minimum atomic E-state index is -0.109. The summed E-state index contributed by atoms with van der Waals surface area (Å²) in [6.07, 6.45) is 0.968. The zero-order valence-corrected chi connectivity index (χ0v) is 14.3. The Morgan fingerprint density at radius 3 is 2.74 bits per heavy atom. The molecule has 1 aromatic heterocycles. The molecule has 2 aliphatic heterocycles. The summed E-state index contributed by atoms with van der Waals surface area (Å²) in [5.74, 6) is 0. The van der Waals surface area contributed by atoms with E-state index in [1.54, 1.807) is 35.6 Å². The Morgan fingerprint density at radius 2 is 2.04 bits per heavy atom. The van der Waals surface area contributed by atoms with E-state index in [4.69, 9.17) is 11.6 Å². The van der Waals surface area contributed by atoms with Gasteiger partial charge in [-0.15, -0.1) is 11.3 Å². The molecule has 0 spiro atoms. The molecule has 3 heterocycles. The van der Waals surface area contributed by atoms with E-state index < -0.39 is 0 Å². The Kier molecular flexibility index (Phi) is 3.28. The molecule has 2 aromatic rings. The van der Waals surface area contributed by atoms with Crippen LogP contribution < -0.4 is 5.56 Å². The van der Waals surface area contributed by atoms with E-state index in [1.165, 1.54) is 9.56 Å². The lowest BCUT2D eigenvalue weighted by Crippen LogP contribution is -2.15. The monoisotopic (exact) mass is 343 g/mol. The molecule has 23 heavy (non-hydrogen) atoms. The maximum Gasteiger partial charge on any atom is 0.282 e. The minimum Gasteiger partial charge on any atom is -0.350 e. The van der Waals surface area contributed by atoms with E-state index in [0.717, 1.165) is 28.0 Å². The standard InChI is InChI=1S/C17H14ClN3OS/c1-3-12-8-13-15-14(9(2)19-16(13)23-12)17(22)21(20-15)11-6-4-10(18)5-7-11/h4-8,19H,3H2,1-2H3. The fourth-order valence-electron chi connectivity index (χ4n) is 2.80. The van der Waals surface area contributed by atoms with Crippen molar-refractivity contribution in [3.63, 3.8) is 0 Å². The molecule has 4 nitrogen and oxygen atoms in total. The molecular formula is C17H14ClN3OS. The van der Waals surface area contributed by atoms with Crippen LogP contribution in [0.25, 0.3) is 27.2 Å². The molecule has 0 aliphatic carbocycles. The van der Waals surface area contributed by atoms with E-state index in [-0.39, 0.29) is 5.56 Å². The molecule has 2 aliphatic rings. The molecule has 1 N–H and O–H groups in total. The van der Waals surface area contributed by atoms with Gasteiger partial charge in [-0.2, -0.15) is 9.78 Å². The predicted octanol–water partition coefficient (Wildman–Crippen LogP) is 4.40. The largest absolute Gasteiger partial charge is 0.350 e. The number of benzene rings is 1. The zero-order chi connectivity index (χ0) is 16.1. The Hall–Kier alpha value is -2.11. The highest BCUT2D eigenvalue weighted by atomic mass is 35.5. The van der Waals surface area contributed by atoms with E-state index in [9.17, 15) is 4.79 Å². The summed E-state index contributed by atoms with van der Waals surface area (Å²) < 4.78 is 1.45. The lowest BCUT2D eigenvalue weighted by molar-refractivity contribution is 0.859. The second-order valence-corrected chi connectivity index (χ2v) is 7.05. The molecule has 6 heteroatoms. The Labute approximate surface area is 141 Å². The van der Waals surface area contributed by atoms with E-state index in [0.29, 0.717) is 16.3 Å². The third-order valence-electron chi connectivity index (χ3n) is 3.98. The molecule has 0 radical (unpaired) electrons. The first kappa shape index (κ1) is 14.5. The van der Waals surface area contributed by atoms with Crippen LogP contribution in [0.5, 0.6) is 0 Å². The third-order valence-corrected chi connectivity index (χ3v) is 5.42. The maximum atomic E-state index is 12.8. The summed E-state index contributed by atoms with van der Waals surface area (Å²) in [4.78, 5) is 18.5. The van der Waals surface area contributed by atoms with Crippen LogP contribution in [0.15, 0.2) is 35.1 Å². The number of aromatic nitrogens is 3. The number of hydrogen-bond donors (Lipinski definition) is 1. The average Bonchev–Trinajstić information content (AvgIpc) is 3.09. The molecule has 0 amide bonds. The van der Waals surface area contributed by atoms with Crippen LogP contribution in [0.3, 0.4) is 0 Å². The zero-order valence-electron chi connectivity index (χ0n) is 12.7. The molecule has 0 atom stereocenters. The molecule has 116 valence electrons. The van der Waals surface area contributed by atoms with Crippen LogP contribution in [-0.2, 0) is 6.42 Å². The van der Waals surface area contributed by atoms with Crippen molar-refractivity contribution >= 4 is 33.2 Å². The first-order valence-corrected chi connectivity index (χ1v) is 8.58. The number of rotatable bonds is 2. The van der Waals surface area contributed by atoms with Crippen LogP contribution in [0.4, 0.5) is 0 Å². The number of halogens is 1. The molecule has 0 bridgehead atoms. The summed E-state index contributed by atoms with van der Waals surface area (Å²) in [6, 6.07) is 9.25. The van der Waals surface area contributed by atoms with Crippen molar-refractivity contribution in [1.82, 2.24) is 14.8 Å². The van der Waals surface area contributed by atoms with Crippen LogP contribution >= 0.6 is 22.9 Å². The maximum absolute atomic E-state index is 12.8. The number of fused-ring (bicyclic) bond motifs is 3. The Morgan fingerprint density at radius 1 is 1.30 bits per heavy atom. The molecule has 0 saturated heterocycles. The van der Waals surface area contributed by atoms with Gasteiger partial charge in [-0.3, -0.25) is 4.79 Å². The third kappa shape index (κ3) is 2.19. The van der Waals surface area contributed by atoms with Gasteiger partial charge in [0.2, 0.25) is 0 Å². The lowest BCUT2D eigenvalue weighted by Gasteiger charge is -2.01. The number of nitrogens with zero attached hydrogens (tertiary/aromatic N) is 2. The number of aromatic amines is 1. The van der Waals surface area contributed by atoms with E-state index in [1.807, 2.05) is 6.92 Å². The van der Waals surface area contributed by atoms with Gasteiger partial charge in [0.1, 0.15) is 10.5 Å². The molecule has 0 fully saturated rings. The van der Waals surface area contributed by atoms with Gasteiger partial charge in [0.15, 0.2) is 0 Å². The smallest absolute Gasteiger partial charge is 0.282 e. The first-order valence-electron chi connectivity index (χ1n) is 7.38. The fourth-order valence-corrected chi connectivity index (χ4v) is 3.98. The normalized spacial score (nSPS) is 11.6. The van der Waals surface area contributed by atoms with Crippen LogP contribution in [0.1, 0.15) is 17.5 Å². The Balaban J connectivity index is 2.05. The average molecular weight is 344 g/mol. The van der Waals surface area contributed by atoms with Gasteiger partial charge in [-0.05, 0) is 43.7 Å². The summed E-state index contributed by atoms with van der Waals surface area (Å²) in [5.41, 5.74) is 2.86. The predicted molar refractivity (Wildman–Crippen MR) is 95.3 cm³/mol. The number of nitrogens with one attached hydrogen (secondary N) is 1. The Bertz CT molecular complexity index is 1040. The van der Waals surface area contributed by atoms with Gasteiger partial charge < -0.3 is 4.98 Å². The van der Waals surface area contributed by atoms with Crippen molar-refractivity contribution < 1.29 is 0 Å². The topological polar surface area (TPSA) is 50.7 Å². The van der Waals surface area contributed by atoms with Crippen molar-refractivity contribution in [1.29, 1.82) is 0 Å². The molecule has 4 rings (SSSR count). The molecule has 0 unspecified atom stereocenters. The van der Waals surface area contributed by atoms with E-state index in [2.05, 4.69) is 23.1 Å². The number of thiophene rings is 1. The van der Waals surface area contributed by atoms with Gasteiger partial charge in [0.25, 0.3) is 5.56 Å². The number of pyridine rings is 1. The van der Waals surface area contributed by atoms with Crippen molar-refractivity contribution in [2.75, 3.05) is 0 Å². The number of aryl methyl sites for hydroxylation is 2. The number of hydrogen-bond acceptors (Lipinski definition) is 3. The number of H-pyrrole nitrogens is 1. The molecule has 0 saturated carbocycles. The summed E-state index contributed by atoms with van der Waals surface area (Å²) in [6.45, 7) is 4.04. The minimum absolute atomic E-state index is 0.109. The quantitative estimate of drug-likeness (QED) is 0.586. The van der Waals surface area contributed by atoms with Crippen LogP contribution in [-0.4, -0.2) is 14.8 Å². The van der Waals surface area contributed by atoms with Gasteiger partial charge in [-0.1, -0.05) is 18.5 Å².